The van der Waals surface area contributed by atoms with Crippen LogP contribution in [0, 0.1) is 0 Å². The molecule has 0 radical (unpaired) electrons. The fourth-order valence-electron chi connectivity index (χ4n) is 1.54. The first kappa shape index (κ1) is 17.5. The van der Waals surface area contributed by atoms with Crippen LogP contribution in [0.3, 0.4) is 0 Å². The Kier molecular flexibility index (Phi) is 6.23. The van der Waals surface area contributed by atoms with E-state index in [1.54, 1.807) is 0 Å². The summed E-state index contributed by atoms with van der Waals surface area (Å²) in [4.78, 5) is 11.5. The lowest BCUT2D eigenvalue weighted by Crippen LogP contribution is -2.26. The van der Waals surface area contributed by atoms with Crippen LogP contribution < -0.4 is 5.32 Å². The Balaban J connectivity index is 2.90. The van der Waals surface area contributed by atoms with Crippen molar-refractivity contribution in [3.05, 3.63) is 40.9 Å². The molecule has 0 bridgehead atoms. The van der Waals surface area contributed by atoms with E-state index in [9.17, 15) is 18.0 Å². The van der Waals surface area contributed by atoms with Crippen molar-refractivity contribution >= 4 is 23.1 Å². The van der Waals surface area contributed by atoms with Gasteiger partial charge in [-0.15, -0.1) is 0 Å². The number of rotatable bonds is 5. The van der Waals surface area contributed by atoms with Crippen LogP contribution in [-0.4, -0.2) is 29.8 Å². The van der Waals surface area contributed by atoms with Gasteiger partial charge in [-0.25, -0.2) is 0 Å². The fourth-order valence-corrected chi connectivity index (χ4v) is 1.67. The van der Waals surface area contributed by atoms with E-state index in [2.05, 4.69) is 5.32 Å². The molecule has 0 spiro atoms. The number of allylic oxidation sites excluding steroid dienone is 1. The highest BCUT2D eigenvalue weighted by atomic mass is 35.5. The number of carbonyl (C=O) groups is 1. The first-order chi connectivity index (χ1) is 9.70. The molecular formula is C14H15ClF3NO2. The Labute approximate surface area is 125 Å². The molecule has 0 aromatic heterocycles. The van der Waals surface area contributed by atoms with Crippen LogP contribution in [0.5, 0.6) is 0 Å². The van der Waals surface area contributed by atoms with Gasteiger partial charge < -0.3 is 10.4 Å². The number of alkyl halides is 3. The zero-order valence-corrected chi connectivity index (χ0v) is 12.0. The molecule has 0 aliphatic rings. The van der Waals surface area contributed by atoms with Gasteiger partial charge in [-0.05, 0) is 31.0 Å². The average Bonchev–Trinajstić information content (AvgIpc) is 2.35. The van der Waals surface area contributed by atoms with E-state index in [1.165, 1.54) is 31.2 Å². The van der Waals surface area contributed by atoms with Crippen LogP contribution in [-0.2, 0) is 4.79 Å². The van der Waals surface area contributed by atoms with Crippen LogP contribution in [0.4, 0.5) is 13.2 Å². The minimum absolute atomic E-state index is 0.0960. The normalized spacial score (nSPS) is 13.9. The Hall–Kier alpha value is -1.53. The standard InChI is InChI=1S/C14H15ClF3NO2/c1-9(20)6-7-19-13(21)8-12(14(16,17)18)10-2-4-11(15)5-3-10/h2-5,8-9,20H,6-7H2,1H3,(H,19,21)/b12-8-. The lowest BCUT2D eigenvalue weighted by molar-refractivity contribution is -0.117. The summed E-state index contributed by atoms with van der Waals surface area (Å²) in [6.07, 6.45) is -4.52. The number of hydrogen-bond acceptors (Lipinski definition) is 2. The molecule has 0 heterocycles. The van der Waals surface area contributed by atoms with Gasteiger partial charge in [-0.1, -0.05) is 23.7 Å². The number of halogens is 4. The van der Waals surface area contributed by atoms with Crippen molar-refractivity contribution in [1.29, 1.82) is 0 Å². The summed E-state index contributed by atoms with van der Waals surface area (Å²) in [7, 11) is 0. The van der Waals surface area contributed by atoms with E-state index in [4.69, 9.17) is 16.7 Å². The van der Waals surface area contributed by atoms with Gasteiger partial charge in [0.15, 0.2) is 0 Å². The summed E-state index contributed by atoms with van der Waals surface area (Å²) in [5.41, 5.74) is -1.19. The highest BCUT2D eigenvalue weighted by molar-refractivity contribution is 6.30. The predicted octanol–water partition coefficient (Wildman–Crippen LogP) is 3.17. The van der Waals surface area contributed by atoms with Crippen LogP contribution in [0.1, 0.15) is 18.9 Å². The smallest absolute Gasteiger partial charge is 0.393 e. The third-order valence-corrected chi connectivity index (χ3v) is 2.85. The lowest BCUT2D eigenvalue weighted by Gasteiger charge is -2.12. The zero-order chi connectivity index (χ0) is 16.0. The molecule has 116 valence electrons. The van der Waals surface area contributed by atoms with Crippen LogP contribution in [0.2, 0.25) is 5.02 Å². The van der Waals surface area contributed by atoms with Gasteiger partial charge >= 0.3 is 6.18 Å². The quantitative estimate of drug-likeness (QED) is 0.818. The molecule has 1 aromatic carbocycles. The number of amides is 1. The molecule has 1 unspecified atom stereocenters. The molecule has 21 heavy (non-hydrogen) atoms. The number of benzene rings is 1. The van der Waals surface area contributed by atoms with E-state index >= 15 is 0 Å². The zero-order valence-electron chi connectivity index (χ0n) is 11.2. The largest absolute Gasteiger partial charge is 0.417 e. The number of nitrogens with one attached hydrogen (secondary N) is 1. The van der Waals surface area contributed by atoms with E-state index in [0.717, 1.165) is 0 Å². The minimum Gasteiger partial charge on any atom is -0.393 e. The summed E-state index contributed by atoms with van der Waals surface area (Å²) < 4.78 is 39.0. The molecule has 0 saturated carbocycles. The Morgan fingerprint density at radius 2 is 1.95 bits per heavy atom. The van der Waals surface area contributed by atoms with E-state index < -0.39 is 23.8 Å². The average molecular weight is 322 g/mol. The summed E-state index contributed by atoms with van der Waals surface area (Å²) in [6, 6.07) is 5.04. The monoisotopic (exact) mass is 321 g/mol. The first-order valence-electron chi connectivity index (χ1n) is 6.21. The van der Waals surface area contributed by atoms with Crippen molar-refractivity contribution in [3.63, 3.8) is 0 Å². The van der Waals surface area contributed by atoms with Crippen molar-refractivity contribution < 1.29 is 23.1 Å². The Bertz CT molecular complexity index is 510. The van der Waals surface area contributed by atoms with Gasteiger partial charge in [-0.3, -0.25) is 4.79 Å². The molecule has 0 aliphatic heterocycles. The fraction of sp³-hybridized carbons (Fsp3) is 0.357. The predicted molar refractivity (Wildman–Crippen MR) is 74.8 cm³/mol. The van der Waals surface area contributed by atoms with Crippen LogP contribution in [0.25, 0.3) is 5.57 Å². The molecule has 0 fully saturated rings. The summed E-state index contributed by atoms with van der Waals surface area (Å²) in [5.74, 6) is -0.863. The lowest BCUT2D eigenvalue weighted by atomic mass is 10.1. The minimum atomic E-state index is -4.66. The maximum atomic E-state index is 13.0. The summed E-state index contributed by atoms with van der Waals surface area (Å²) >= 11 is 5.63. The van der Waals surface area contributed by atoms with Crippen molar-refractivity contribution in [2.75, 3.05) is 6.54 Å². The van der Waals surface area contributed by atoms with Gasteiger partial charge in [0.25, 0.3) is 0 Å². The maximum Gasteiger partial charge on any atom is 0.417 e. The molecule has 7 heteroatoms. The summed E-state index contributed by atoms with van der Waals surface area (Å²) in [5, 5.41) is 11.6. The SMILES string of the molecule is CC(O)CCNC(=O)/C=C(/c1ccc(Cl)cc1)C(F)(F)F. The molecular weight excluding hydrogens is 307 g/mol. The van der Waals surface area contributed by atoms with Gasteiger partial charge in [0.05, 0.1) is 11.7 Å². The molecule has 1 amide bonds. The van der Waals surface area contributed by atoms with E-state index in [0.29, 0.717) is 11.1 Å². The maximum absolute atomic E-state index is 13.0. The number of carbonyl (C=O) groups excluding carboxylic acids is 1. The van der Waals surface area contributed by atoms with Crippen molar-refractivity contribution in [3.8, 4) is 0 Å². The van der Waals surface area contributed by atoms with Gasteiger partial charge in [0.1, 0.15) is 0 Å². The topological polar surface area (TPSA) is 49.3 Å². The van der Waals surface area contributed by atoms with Crippen LogP contribution in [0.15, 0.2) is 30.3 Å². The molecule has 1 atom stereocenters. The van der Waals surface area contributed by atoms with Gasteiger partial charge in [0.2, 0.25) is 5.91 Å². The molecule has 0 aliphatic carbocycles. The first-order valence-corrected chi connectivity index (χ1v) is 6.58. The van der Waals surface area contributed by atoms with Crippen molar-refractivity contribution in [1.82, 2.24) is 5.32 Å². The molecule has 1 aromatic rings. The highest BCUT2D eigenvalue weighted by Crippen LogP contribution is 2.34. The molecule has 1 rings (SSSR count). The highest BCUT2D eigenvalue weighted by Gasteiger charge is 2.35. The molecule has 2 N–H and O–H groups in total. The Morgan fingerprint density at radius 1 is 1.38 bits per heavy atom. The van der Waals surface area contributed by atoms with Gasteiger partial charge in [0, 0.05) is 17.6 Å². The number of aliphatic hydroxyl groups is 1. The van der Waals surface area contributed by atoms with E-state index in [1.807, 2.05) is 0 Å². The molecule has 3 nitrogen and oxygen atoms in total. The van der Waals surface area contributed by atoms with Gasteiger partial charge in [-0.2, -0.15) is 13.2 Å². The second-order valence-corrected chi connectivity index (χ2v) is 4.93. The molecule has 0 saturated heterocycles. The number of aliphatic hydroxyl groups excluding tert-OH is 1. The van der Waals surface area contributed by atoms with Crippen molar-refractivity contribution in [2.45, 2.75) is 25.6 Å². The third-order valence-electron chi connectivity index (χ3n) is 2.60. The van der Waals surface area contributed by atoms with Crippen molar-refractivity contribution in [2.24, 2.45) is 0 Å². The number of hydrogen-bond donors (Lipinski definition) is 2. The van der Waals surface area contributed by atoms with E-state index in [-0.39, 0.29) is 18.5 Å². The Morgan fingerprint density at radius 3 is 2.43 bits per heavy atom. The summed E-state index contributed by atoms with van der Waals surface area (Å²) in [6.45, 7) is 1.62. The van der Waals surface area contributed by atoms with Crippen LogP contribution >= 0.6 is 11.6 Å². The second kappa shape index (κ2) is 7.47. The second-order valence-electron chi connectivity index (χ2n) is 4.49. The third kappa shape index (κ3) is 6.18.